The van der Waals surface area contributed by atoms with E-state index in [9.17, 15) is 0 Å². The quantitative estimate of drug-likeness (QED) is 0.629. The number of rotatable bonds is 0. The SMILES string of the molecule is Clc1cc(Br)ccc1[As]. The third kappa shape index (κ3) is 2.00. The van der Waals surface area contributed by atoms with E-state index in [1.165, 1.54) is 0 Å². The van der Waals surface area contributed by atoms with Crippen molar-refractivity contribution in [3.05, 3.63) is 27.7 Å². The Morgan fingerprint density at radius 3 is 2.56 bits per heavy atom. The van der Waals surface area contributed by atoms with Crippen molar-refractivity contribution in [3.63, 3.8) is 0 Å². The molecule has 0 saturated heterocycles. The van der Waals surface area contributed by atoms with Crippen molar-refractivity contribution in [2.24, 2.45) is 0 Å². The van der Waals surface area contributed by atoms with Crippen molar-refractivity contribution in [2.45, 2.75) is 0 Å². The molecule has 9 heavy (non-hydrogen) atoms. The maximum absolute atomic E-state index is 5.77. The summed E-state index contributed by atoms with van der Waals surface area (Å²) >= 11 is 11.5. The summed E-state index contributed by atoms with van der Waals surface area (Å²) < 4.78 is 2.06. The van der Waals surface area contributed by atoms with E-state index in [-0.39, 0.29) is 0 Å². The van der Waals surface area contributed by atoms with Crippen LogP contribution in [0.5, 0.6) is 0 Å². The third-order valence-corrected chi connectivity index (χ3v) is 2.82. The number of hydrogen-bond donors (Lipinski definition) is 0. The van der Waals surface area contributed by atoms with Crippen molar-refractivity contribution in [1.29, 1.82) is 0 Å². The number of halogens is 2. The zero-order chi connectivity index (χ0) is 6.85. The van der Waals surface area contributed by atoms with Crippen molar-refractivity contribution in [3.8, 4) is 0 Å². The molecule has 0 aromatic heterocycles. The Bertz CT molecular complexity index is 224. The van der Waals surface area contributed by atoms with Crippen LogP contribution in [0.3, 0.4) is 0 Å². The normalized spacial score (nSPS) is 9.67. The second kappa shape index (κ2) is 3.09. The van der Waals surface area contributed by atoms with E-state index < -0.39 is 0 Å². The van der Waals surface area contributed by atoms with Crippen molar-refractivity contribution >= 4 is 48.7 Å². The average Bonchev–Trinajstić information content (AvgIpc) is 1.80. The molecular weight excluding hydrogens is 262 g/mol. The van der Waals surface area contributed by atoms with Gasteiger partial charge in [0.25, 0.3) is 0 Å². The zero-order valence-corrected chi connectivity index (χ0v) is 8.65. The van der Waals surface area contributed by atoms with Gasteiger partial charge in [0.1, 0.15) is 0 Å². The van der Waals surface area contributed by atoms with E-state index in [0.717, 1.165) is 13.8 Å². The van der Waals surface area contributed by atoms with Crippen LogP contribution in [-0.4, -0.2) is 16.9 Å². The first kappa shape index (κ1) is 7.65. The molecule has 0 aliphatic rings. The van der Waals surface area contributed by atoms with Gasteiger partial charge in [0, 0.05) is 0 Å². The van der Waals surface area contributed by atoms with Crippen LogP contribution >= 0.6 is 27.5 Å². The summed E-state index contributed by atoms with van der Waals surface area (Å²) in [5.41, 5.74) is 0. The van der Waals surface area contributed by atoms with Crippen LogP contribution in [0.4, 0.5) is 0 Å². The molecule has 0 unspecified atom stereocenters. The minimum absolute atomic E-state index is 0.782. The number of benzene rings is 1. The second-order valence-electron chi connectivity index (χ2n) is 1.60. The van der Waals surface area contributed by atoms with Gasteiger partial charge in [0.15, 0.2) is 0 Å². The molecule has 0 saturated carbocycles. The van der Waals surface area contributed by atoms with Crippen LogP contribution in [-0.2, 0) is 0 Å². The predicted molar refractivity (Wildman–Crippen MR) is 44.5 cm³/mol. The third-order valence-electron chi connectivity index (χ3n) is 0.910. The van der Waals surface area contributed by atoms with Crippen LogP contribution in [0.25, 0.3) is 0 Å². The van der Waals surface area contributed by atoms with Gasteiger partial charge in [0.2, 0.25) is 0 Å². The topological polar surface area (TPSA) is 0 Å². The van der Waals surface area contributed by atoms with Gasteiger partial charge >= 0.3 is 76.4 Å². The first-order valence-corrected chi connectivity index (χ1v) is 4.45. The molecular formula is C6H3AsBrCl. The van der Waals surface area contributed by atoms with E-state index in [4.69, 9.17) is 11.6 Å². The van der Waals surface area contributed by atoms with Crippen molar-refractivity contribution < 1.29 is 0 Å². The van der Waals surface area contributed by atoms with Crippen molar-refractivity contribution in [1.82, 2.24) is 0 Å². The van der Waals surface area contributed by atoms with E-state index in [0.29, 0.717) is 0 Å². The van der Waals surface area contributed by atoms with Gasteiger partial charge in [-0.05, 0) is 0 Å². The van der Waals surface area contributed by atoms with Crippen LogP contribution < -0.4 is 4.35 Å². The molecule has 0 amide bonds. The molecule has 0 spiro atoms. The average molecular weight is 265 g/mol. The molecule has 3 heteroatoms. The molecule has 0 heterocycles. The molecule has 1 aromatic carbocycles. The van der Waals surface area contributed by atoms with Crippen LogP contribution in [0, 0.1) is 0 Å². The molecule has 0 aliphatic carbocycles. The summed E-state index contributed by atoms with van der Waals surface area (Å²) in [4.78, 5) is 0. The van der Waals surface area contributed by atoms with Gasteiger partial charge < -0.3 is 0 Å². The van der Waals surface area contributed by atoms with Gasteiger partial charge in [-0.3, -0.25) is 0 Å². The first-order chi connectivity index (χ1) is 4.20. The summed E-state index contributed by atoms with van der Waals surface area (Å²) in [7, 11) is 0. The molecule has 0 N–H and O–H groups in total. The van der Waals surface area contributed by atoms with Gasteiger partial charge in [0.05, 0.1) is 0 Å². The Labute approximate surface area is 76.2 Å². The molecule has 0 fully saturated rings. The molecule has 0 nitrogen and oxygen atoms in total. The monoisotopic (exact) mass is 264 g/mol. The Balaban J connectivity index is 3.17. The Kier molecular flexibility index (Phi) is 2.63. The maximum atomic E-state index is 5.77. The summed E-state index contributed by atoms with van der Waals surface area (Å²) in [5.74, 6) is 0. The summed E-state index contributed by atoms with van der Waals surface area (Å²) in [6.45, 7) is 0. The van der Waals surface area contributed by atoms with Crippen LogP contribution in [0.2, 0.25) is 5.02 Å². The molecule has 0 aliphatic heterocycles. The second-order valence-corrected chi connectivity index (χ2v) is 3.93. The molecule has 1 rings (SSSR count). The van der Waals surface area contributed by atoms with Crippen LogP contribution in [0.15, 0.2) is 22.7 Å². The number of hydrogen-bond acceptors (Lipinski definition) is 0. The molecule has 0 atom stereocenters. The molecule has 0 bridgehead atoms. The fourth-order valence-corrected chi connectivity index (χ4v) is 1.45. The van der Waals surface area contributed by atoms with Crippen LogP contribution in [0.1, 0.15) is 0 Å². The zero-order valence-electron chi connectivity index (χ0n) is 4.44. The van der Waals surface area contributed by atoms with Gasteiger partial charge in [-0.2, -0.15) is 0 Å². The summed E-state index contributed by atoms with van der Waals surface area (Å²) in [6.07, 6.45) is 0. The van der Waals surface area contributed by atoms with E-state index in [1.54, 1.807) is 0 Å². The summed E-state index contributed by atoms with van der Waals surface area (Å²) in [6, 6.07) is 5.78. The van der Waals surface area contributed by atoms with Gasteiger partial charge in [-0.25, -0.2) is 0 Å². The first-order valence-electron chi connectivity index (χ1n) is 2.34. The summed E-state index contributed by atoms with van der Waals surface area (Å²) in [5, 5.41) is 0.782. The van der Waals surface area contributed by atoms with E-state index in [2.05, 4.69) is 32.8 Å². The Morgan fingerprint density at radius 1 is 1.44 bits per heavy atom. The van der Waals surface area contributed by atoms with E-state index in [1.807, 2.05) is 18.2 Å². The minimum atomic E-state index is 0.782. The van der Waals surface area contributed by atoms with Crippen molar-refractivity contribution in [2.75, 3.05) is 0 Å². The predicted octanol–water partition coefficient (Wildman–Crippen LogP) is 1.90. The van der Waals surface area contributed by atoms with Gasteiger partial charge in [-0.1, -0.05) is 0 Å². The Hall–Kier alpha value is 0.548. The standard InChI is InChI=1S/C6H3AsBrCl/c7-5-2-1-4(8)3-6(5)9/h1-3H. The Morgan fingerprint density at radius 2 is 2.11 bits per heavy atom. The fourth-order valence-electron chi connectivity index (χ4n) is 0.481. The molecule has 2 radical (unpaired) electrons. The van der Waals surface area contributed by atoms with E-state index >= 15 is 0 Å². The molecule has 1 aromatic rings. The van der Waals surface area contributed by atoms with Gasteiger partial charge in [-0.15, -0.1) is 0 Å². The fraction of sp³-hybridized carbons (Fsp3) is 0. The molecule has 46 valence electrons.